The van der Waals surface area contributed by atoms with Gasteiger partial charge in [0.1, 0.15) is 0 Å². The largest absolute Gasteiger partial charge is 0.481 e. The van der Waals surface area contributed by atoms with E-state index in [0.29, 0.717) is 5.88 Å². The zero-order valence-electron chi connectivity index (χ0n) is 13.4. The molecule has 0 saturated heterocycles. The molecule has 3 aromatic rings. The van der Waals surface area contributed by atoms with Crippen LogP contribution in [-0.4, -0.2) is 17.8 Å². The number of fused-ring (bicyclic) bond motifs is 1. The van der Waals surface area contributed by atoms with Gasteiger partial charge in [-0.1, -0.05) is 54.6 Å². The van der Waals surface area contributed by atoms with Crippen LogP contribution in [0.1, 0.15) is 16.7 Å². The normalized spacial score (nSPS) is 13.2. The van der Waals surface area contributed by atoms with E-state index in [-0.39, 0.29) is 0 Å². The molecule has 0 bridgehead atoms. The van der Waals surface area contributed by atoms with Crippen molar-refractivity contribution in [2.75, 3.05) is 12.1 Å². The van der Waals surface area contributed by atoms with E-state index in [0.717, 1.165) is 23.5 Å². The Labute approximate surface area is 141 Å². The van der Waals surface area contributed by atoms with Gasteiger partial charge in [0.25, 0.3) is 0 Å². The Balaban J connectivity index is 1.80. The monoisotopic (exact) mass is 315 g/mol. The summed E-state index contributed by atoms with van der Waals surface area (Å²) in [5, 5.41) is 6.87. The Bertz CT molecular complexity index is 873. The molecule has 0 amide bonds. The fourth-order valence-electron chi connectivity index (χ4n) is 2.86. The lowest BCUT2D eigenvalue weighted by Gasteiger charge is -2.27. The van der Waals surface area contributed by atoms with Gasteiger partial charge < -0.3 is 4.74 Å². The molecular weight excluding hydrogens is 298 g/mol. The lowest BCUT2D eigenvalue weighted by molar-refractivity contribution is 0.398. The molecule has 0 aliphatic carbocycles. The van der Waals surface area contributed by atoms with Crippen LogP contribution in [0.25, 0.3) is 0 Å². The quantitative estimate of drug-likeness (QED) is 0.736. The first-order chi connectivity index (χ1) is 11.8. The van der Waals surface area contributed by atoms with Crippen molar-refractivity contribution in [3.05, 3.63) is 89.6 Å². The molecule has 1 aliphatic rings. The Kier molecular flexibility index (Phi) is 3.71. The van der Waals surface area contributed by atoms with E-state index in [2.05, 4.69) is 41.4 Å². The van der Waals surface area contributed by atoms with Gasteiger partial charge in [0, 0.05) is 17.2 Å². The SMILES string of the molecule is COc1ccc(N2Cc3ccccc3C(c3ccccc3)=N2)cn1. The molecule has 0 fully saturated rings. The van der Waals surface area contributed by atoms with E-state index in [4.69, 9.17) is 9.84 Å². The van der Waals surface area contributed by atoms with Crippen LogP contribution in [0.15, 0.2) is 78.0 Å². The maximum Gasteiger partial charge on any atom is 0.213 e. The average molecular weight is 315 g/mol. The number of pyridine rings is 1. The lowest BCUT2D eigenvalue weighted by Crippen LogP contribution is -2.26. The second-order valence-corrected chi connectivity index (χ2v) is 5.59. The van der Waals surface area contributed by atoms with Crippen LogP contribution < -0.4 is 9.75 Å². The summed E-state index contributed by atoms with van der Waals surface area (Å²) in [5.41, 5.74) is 5.46. The molecule has 1 aromatic heterocycles. The summed E-state index contributed by atoms with van der Waals surface area (Å²) >= 11 is 0. The molecule has 0 saturated carbocycles. The molecule has 0 radical (unpaired) electrons. The molecule has 4 nitrogen and oxygen atoms in total. The number of benzene rings is 2. The predicted octanol–water partition coefficient (Wildman–Crippen LogP) is 3.86. The summed E-state index contributed by atoms with van der Waals surface area (Å²) in [6, 6.07) is 22.5. The van der Waals surface area contributed by atoms with Crippen molar-refractivity contribution in [1.29, 1.82) is 0 Å². The average Bonchev–Trinajstić information content (AvgIpc) is 2.68. The Morgan fingerprint density at radius 3 is 2.46 bits per heavy atom. The van der Waals surface area contributed by atoms with Crippen molar-refractivity contribution in [2.45, 2.75) is 6.54 Å². The molecule has 24 heavy (non-hydrogen) atoms. The van der Waals surface area contributed by atoms with Crippen LogP contribution in [0, 0.1) is 0 Å². The third-order valence-corrected chi connectivity index (χ3v) is 4.09. The van der Waals surface area contributed by atoms with Gasteiger partial charge in [-0.2, -0.15) is 5.10 Å². The highest BCUT2D eigenvalue weighted by atomic mass is 16.5. The summed E-state index contributed by atoms with van der Waals surface area (Å²) in [6.45, 7) is 0.723. The van der Waals surface area contributed by atoms with Crippen LogP contribution in [0.4, 0.5) is 5.69 Å². The van der Waals surface area contributed by atoms with E-state index >= 15 is 0 Å². The topological polar surface area (TPSA) is 37.7 Å². The molecular formula is C20H17N3O. The number of anilines is 1. The number of hydrazone groups is 1. The Morgan fingerprint density at radius 1 is 0.917 bits per heavy atom. The number of hydrogen-bond acceptors (Lipinski definition) is 4. The van der Waals surface area contributed by atoms with Gasteiger partial charge in [0.05, 0.1) is 31.3 Å². The number of ether oxygens (including phenoxy) is 1. The van der Waals surface area contributed by atoms with E-state index in [9.17, 15) is 0 Å². The van der Waals surface area contributed by atoms with E-state index in [1.54, 1.807) is 13.3 Å². The summed E-state index contributed by atoms with van der Waals surface area (Å²) in [7, 11) is 1.62. The smallest absolute Gasteiger partial charge is 0.213 e. The second-order valence-electron chi connectivity index (χ2n) is 5.59. The van der Waals surface area contributed by atoms with E-state index in [1.165, 1.54) is 11.1 Å². The molecule has 0 N–H and O–H groups in total. The van der Waals surface area contributed by atoms with Gasteiger partial charge >= 0.3 is 0 Å². The third-order valence-electron chi connectivity index (χ3n) is 4.09. The predicted molar refractivity (Wildman–Crippen MR) is 95.5 cm³/mol. The van der Waals surface area contributed by atoms with Crippen molar-refractivity contribution in [3.63, 3.8) is 0 Å². The van der Waals surface area contributed by atoms with Crippen LogP contribution in [-0.2, 0) is 6.54 Å². The molecule has 118 valence electrons. The zero-order valence-corrected chi connectivity index (χ0v) is 13.4. The van der Waals surface area contributed by atoms with Gasteiger partial charge in [-0.3, -0.25) is 5.01 Å². The van der Waals surface area contributed by atoms with Gasteiger partial charge in [0.15, 0.2) is 0 Å². The molecule has 1 aliphatic heterocycles. The first-order valence-corrected chi connectivity index (χ1v) is 7.85. The highest BCUT2D eigenvalue weighted by Gasteiger charge is 2.21. The number of methoxy groups -OCH3 is 1. The van der Waals surface area contributed by atoms with Crippen LogP contribution in [0.2, 0.25) is 0 Å². The minimum absolute atomic E-state index is 0.600. The minimum atomic E-state index is 0.600. The van der Waals surface area contributed by atoms with Crippen molar-refractivity contribution < 1.29 is 4.74 Å². The number of rotatable bonds is 3. The molecule has 4 rings (SSSR count). The van der Waals surface area contributed by atoms with Crippen molar-refractivity contribution in [2.24, 2.45) is 5.10 Å². The van der Waals surface area contributed by atoms with E-state index < -0.39 is 0 Å². The number of nitrogens with zero attached hydrogens (tertiary/aromatic N) is 3. The zero-order chi connectivity index (χ0) is 16.4. The summed E-state index contributed by atoms with van der Waals surface area (Å²) in [4.78, 5) is 4.29. The van der Waals surface area contributed by atoms with E-state index in [1.807, 2.05) is 35.3 Å². The highest BCUT2D eigenvalue weighted by Crippen LogP contribution is 2.27. The molecule has 2 aromatic carbocycles. The second kappa shape index (κ2) is 6.16. The van der Waals surface area contributed by atoms with Crippen LogP contribution in [0.3, 0.4) is 0 Å². The highest BCUT2D eigenvalue weighted by molar-refractivity contribution is 6.14. The number of hydrogen-bond donors (Lipinski definition) is 0. The first-order valence-electron chi connectivity index (χ1n) is 7.85. The summed E-state index contributed by atoms with van der Waals surface area (Å²) in [5.74, 6) is 0.600. The fraction of sp³-hybridized carbons (Fsp3) is 0.100. The van der Waals surface area contributed by atoms with Gasteiger partial charge in [0.2, 0.25) is 5.88 Å². The molecule has 0 atom stereocenters. The Morgan fingerprint density at radius 2 is 1.71 bits per heavy atom. The lowest BCUT2D eigenvalue weighted by atomic mass is 9.96. The van der Waals surface area contributed by atoms with Gasteiger partial charge in [-0.25, -0.2) is 4.98 Å². The molecule has 0 spiro atoms. The van der Waals surface area contributed by atoms with Gasteiger partial charge in [-0.15, -0.1) is 0 Å². The number of aromatic nitrogens is 1. The third kappa shape index (κ3) is 2.63. The van der Waals surface area contributed by atoms with Crippen LogP contribution >= 0.6 is 0 Å². The minimum Gasteiger partial charge on any atom is -0.481 e. The fourth-order valence-corrected chi connectivity index (χ4v) is 2.86. The maximum absolute atomic E-state index is 5.14. The summed E-state index contributed by atoms with van der Waals surface area (Å²) < 4.78 is 5.14. The molecule has 2 heterocycles. The Hall–Kier alpha value is -3.14. The van der Waals surface area contributed by atoms with Gasteiger partial charge in [-0.05, 0) is 11.6 Å². The first kappa shape index (κ1) is 14.5. The molecule has 4 heteroatoms. The van der Waals surface area contributed by atoms with Crippen LogP contribution in [0.5, 0.6) is 5.88 Å². The van der Waals surface area contributed by atoms with Crippen molar-refractivity contribution in [3.8, 4) is 5.88 Å². The maximum atomic E-state index is 5.14. The summed E-state index contributed by atoms with van der Waals surface area (Å²) in [6.07, 6.45) is 1.79. The van der Waals surface area contributed by atoms with Crippen molar-refractivity contribution in [1.82, 2.24) is 4.98 Å². The molecule has 0 unspecified atom stereocenters. The van der Waals surface area contributed by atoms with Crippen molar-refractivity contribution >= 4 is 11.4 Å². The standard InChI is InChI=1S/C20H17N3O/c1-24-19-12-11-17(13-21-19)23-14-16-9-5-6-10-18(16)20(22-23)15-7-3-2-4-8-15/h2-13H,14H2,1H3.